The van der Waals surface area contributed by atoms with Gasteiger partial charge in [-0.1, -0.05) is 27.5 Å². The zero-order valence-corrected chi connectivity index (χ0v) is 19.2. The molecule has 0 bridgehead atoms. The van der Waals surface area contributed by atoms with Crippen LogP contribution in [0.1, 0.15) is 15.9 Å². The minimum atomic E-state index is -0.509. The number of nitrogens with one attached hydrogen (secondary N) is 1. The van der Waals surface area contributed by atoms with Crippen LogP contribution in [-0.4, -0.2) is 31.8 Å². The Balaban J connectivity index is 1.55. The van der Waals surface area contributed by atoms with Gasteiger partial charge in [-0.15, -0.1) is 0 Å². The van der Waals surface area contributed by atoms with E-state index in [1.54, 1.807) is 66.7 Å². The zero-order valence-electron chi connectivity index (χ0n) is 16.9. The van der Waals surface area contributed by atoms with Crippen LogP contribution < -0.4 is 19.6 Å². The van der Waals surface area contributed by atoms with Gasteiger partial charge in [0, 0.05) is 9.50 Å². The number of rotatable bonds is 8. The van der Waals surface area contributed by atoms with Crippen LogP contribution in [0.3, 0.4) is 0 Å². The number of carbonyl (C=O) groups is 2. The van der Waals surface area contributed by atoms with Gasteiger partial charge in [-0.2, -0.15) is 5.10 Å². The first-order valence-electron chi connectivity index (χ1n) is 9.30. The second kappa shape index (κ2) is 11.3. The van der Waals surface area contributed by atoms with Gasteiger partial charge in [0.25, 0.3) is 5.91 Å². The van der Waals surface area contributed by atoms with Crippen LogP contribution in [0.5, 0.6) is 17.2 Å². The molecule has 164 valence electrons. The molecule has 0 saturated heterocycles. The maximum atomic E-state index is 12.3. The summed E-state index contributed by atoms with van der Waals surface area (Å²) in [4.78, 5) is 24.2. The van der Waals surface area contributed by atoms with Gasteiger partial charge in [0.15, 0.2) is 18.1 Å². The van der Waals surface area contributed by atoms with Crippen LogP contribution in [0.15, 0.2) is 76.3 Å². The van der Waals surface area contributed by atoms with E-state index >= 15 is 0 Å². The lowest BCUT2D eigenvalue weighted by molar-refractivity contribution is -0.123. The molecule has 0 aliphatic rings. The standard InChI is InChI=1S/C23H18BrClN2O5/c1-30-21-12-15(2-11-20(21)32-23(29)16-3-5-17(24)6-4-16)13-26-27-22(28)14-31-19-9-7-18(25)8-10-19/h2-13H,14H2,1H3,(H,27,28)/b26-13-. The van der Waals surface area contributed by atoms with Gasteiger partial charge < -0.3 is 14.2 Å². The molecule has 3 aromatic carbocycles. The van der Waals surface area contributed by atoms with Gasteiger partial charge in [0.2, 0.25) is 0 Å². The number of esters is 1. The summed E-state index contributed by atoms with van der Waals surface area (Å²) in [6.07, 6.45) is 1.43. The minimum Gasteiger partial charge on any atom is -0.493 e. The summed E-state index contributed by atoms with van der Waals surface area (Å²) >= 11 is 9.12. The van der Waals surface area contributed by atoms with Crippen molar-refractivity contribution in [3.63, 3.8) is 0 Å². The summed E-state index contributed by atoms with van der Waals surface area (Å²) < 4.78 is 16.9. The summed E-state index contributed by atoms with van der Waals surface area (Å²) in [5, 5.41) is 4.48. The topological polar surface area (TPSA) is 86.2 Å². The number of ether oxygens (including phenoxy) is 3. The van der Waals surface area contributed by atoms with E-state index in [0.717, 1.165) is 4.47 Å². The summed E-state index contributed by atoms with van der Waals surface area (Å²) in [5.74, 6) is 0.190. The zero-order chi connectivity index (χ0) is 22.9. The average molecular weight is 518 g/mol. The number of halogens is 2. The molecule has 0 fully saturated rings. The monoisotopic (exact) mass is 516 g/mol. The van der Waals surface area contributed by atoms with Gasteiger partial charge >= 0.3 is 5.97 Å². The van der Waals surface area contributed by atoms with Crippen molar-refractivity contribution < 1.29 is 23.8 Å². The number of nitrogens with zero attached hydrogens (tertiary/aromatic N) is 1. The summed E-state index contributed by atoms with van der Waals surface area (Å²) in [5.41, 5.74) is 3.41. The van der Waals surface area contributed by atoms with Crippen molar-refractivity contribution in [3.8, 4) is 17.2 Å². The van der Waals surface area contributed by atoms with Crippen molar-refractivity contribution in [3.05, 3.63) is 87.4 Å². The maximum absolute atomic E-state index is 12.3. The van der Waals surface area contributed by atoms with Crippen molar-refractivity contribution in [1.29, 1.82) is 0 Å². The molecule has 7 nitrogen and oxygen atoms in total. The molecule has 0 aromatic heterocycles. The molecule has 1 N–H and O–H groups in total. The number of carbonyl (C=O) groups excluding carboxylic acids is 2. The fraction of sp³-hybridized carbons (Fsp3) is 0.0870. The highest BCUT2D eigenvalue weighted by Crippen LogP contribution is 2.28. The Kier molecular flexibility index (Phi) is 8.24. The smallest absolute Gasteiger partial charge is 0.343 e. The average Bonchev–Trinajstić information content (AvgIpc) is 2.80. The van der Waals surface area contributed by atoms with Crippen LogP contribution in [-0.2, 0) is 4.79 Å². The van der Waals surface area contributed by atoms with E-state index in [0.29, 0.717) is 27.6 Å². The highest BCUT2D eigenvalue weighted by atomic mass is 79.9. The number of methoxy groups -OCH3 is 1. The molecule has 0 aliphatic carbocycles. The second-order valence-electron chi connectivity index (χ2n) is 6.34. The lowest BCUT2D eigenvalue weighted by atomic mass is 10.2. The SMILES string of the molecule is COc1cc(/C=N\NC(=O)COc2ccc(Cl)cc2)ccc1OC(=O)c1ccc(Br)cc1. The Labute approximate surface area is 198 Å². The second-order valence-corrected chi connectivity index (χ2v) is 7.69. The molecule has 32 heavy (non-hydrogen) atoms. The van der Waals surface area contributed by atoms with Crippen molar-refractivity contribution >= 4 is 45.6 Å². The first-order valence-corrected chi connectivity index (χ1v) is 10.5. The van der Waals surface area contributed by atoms with Crippen molar-refractivity contribution in [1.82, 2.24) is 5.43 Å². The Morgan fingerprint density at radius 3 is 2.44 bits per heavy atom. The quantitative estimate of drug-likeness (QED) is 0.200. The maximum Gasteiger partial charge on any atom is 0.343 e. The van der Waals surface area contributed by atoms with Crippen LogP contribution >= 0.6 is 27.5 Å². The molecular weight excluding hydrogens is 500 g/mol. The highest BCUT2D eigenvalue weighted by Gasteiger charge is 2.13. The lowest BCUT2D eigenvalue weighted by Gasteiger charge is -2.10. The lowest BCUT2D eigenvalue weighted by Crippen LogP contribution is -2.24. The van der Waals surface area contributed by atoms with E-state index in [-0.39, 0.29) is 12.4 Å². The van der Waals surface area contributed by atoms with Crippen molar-refractivity contribution in [2.45, 2.75) is 0 Å². The van der Waals surface area contributed by atoms with E-state index in [1.165, 1.54) is 13.3 Å². The van der Waals surface area contributed by atoms with Crippen LogP contribution in [0, 0.1) is 0 Å². The van der Waals surface area contributed by atoms with Gasteiger partial charge in [0.05, 0.1) is 18.9 Å². The third-order valence-corrected chi connectivity index (χ3v) is 4.84. The van der Waals surface area contributed by atoms with E-state index in [4.69, 9.17) is 25.8 Å². The Bertz CT molecular complexity index is 1120. The first-order chi connectivity index (χ1) is 15.4. The van der Waals surface area contributed by atoms with Crippen LogP contribution in [0.2, 0.25) is 5.02 Å². The molecular formula is C23H18BrClN2O5. The molecule has 0 atom stereocenters. The number of hydrazone groups is 1. The fourth-order valence-corrected chi connectivity index (χ4v) is 2.87. The number of amides is 1. The van der Waals surface area contributed by atoms with E-state index in [9.17, 15) is 9.59 Å². The van der Waals surface area contributed by atoms with Gasteiger partial charge in [-0.05, 0) is 72.3 Å². The molecule has 0 unspecified atom stereocenters. The number of benzene rings is 3. The predicted octanol–water partition coefficient (Wildman–Crippen LogP) is 4.86. The third-order valence-electron chi connectivity index (χ3n) is 4.06. The van der Waals surface area contributed by atoms with E-state index < -0.39 is 11.9 Å². The molecule has 3 aromatic rings. The fourth-order valence-electron chi connectivity index (χ4n) is 2.48. The summed E-state index contributed by atoms with van der Waals surface area (Å²) in [6.45, 7) is -0.201. The van der Waals surface area contributed by atoms with Crippen molar-refractivity contribution in [2.75, 3.05) is 13.7 Å². The molecule has 3 rings (SSSR count). The van der Waals surface area contributed by atoms with Crippen molar-refractivity contribution in [2.24, 2.45) is 5.10 Å². The number of hydrogen-bond donors (Lipinski definition) is 1. The highest BCUT2D eigenvalue weighted by molar-refractivity contribution is 9.10. The van der Waals surface area contributed by atoms with E-state index in [1.807, 2.05) is 0 Å². The number of hydrogen-bond acceptors (Lipinski definition) is 6. The van der Waals surface area contributed by atoms with E-state index in [2.05, 4.69) is 26.5 Å². The Morgan fingerprint density at radius 1 is 1.03 bits per heavy atom. The third kappa shape index (κ3) is 6.83. The normalized spacial score (nSPS) is 10.6. The minimum absolute atomic E-state index is 0.201. The van der Waals surface area contributed by atoms with Crippen LogP contribution in [0.25, 0.3) is 0 Å². The largest absolute Gasteiger partial charge is 0.493 e. The molecule has 9 heteroatoms. The van der Waals surface area contributed by atoms with Crippen LogP contribution in [0.4, 0.5) is 0 Å². The molecule has 1 amide bonds. The van der Waals surface area contributed by atoms with Gasteiger partial charge in [0.1, 0.15) is 5.75 Å². The Morgan fingerprint density at radius 2 is 1.75 bits per heavy atom. The molecule has 0 saturated carbocycles. The Hall–Kier alpha value is -3.36. The first kappa shape index (κ1) is 23.3. The summed E-state index contributed by atoms with van der Waals surface area (Å²) in [7, 11) is 1.46. The molecule has 0 heterocycles. The molecule has 0 spiro atoms. The predicted molar refractivity (Wildman–Crippen MR) is 125 cm³/mol. The summed E-state index contributed by atoms with van der Waals surface area (Å²) in [6, 6.07) is 18.4. The van der Waals surface area contributed by atoms with Gasteiger partial charge in [-0.3, -0.25) is 4.79 Å². The van der Waals surface area contributed by atoms with Gasteiger partial charge in [-0.25, -0.2) is 10.2 Å². The molecule has 0 aliphatic heterocycles. The molecule has 0 radical (unpaired) electrons.